The molecule has 0 saturated carbocycles. The second-order valence-corrected chi connectivity index (χ2v) is 13.9. The van der Waals surface area contributed by atoms with Crippen LogP contribution in [-0.2, 0) is 28.8 Å². The van der Waals surface area contributed by atoms with E-state index in [1.807, 2.05) is 27.7 Å². The lowest BCUT2D eigenvalue weighted by Crippen LogP contribution is -2.46. The van der Waals surface area contributed by atoms with Crippen LogP contribution in [0.1, 0.15) is 93.9 Å². The van der Waals surface area contributed by atoms with Crippen LogP contribution in [0.25, 0.3) is 0 Å². The van der Waals surface area contributed by atoms with E-state index in [1.54, 1.807) is 27.7 Å². The van der Waals surface area contributed by atoms with Crippen molar-refractivity contribution in [2.24, 2.45) is 17.8 Å². The molecule has 0 rings (SSSR count). The fourth-order valence-electron chi connectivity index (χ4n) is 4.00. The molecule has 0 heterocycles. The van der Waals surface area contributed by atoms with Gasteiger partial charge in [-0.15, -0.1) is 11.7 Å². The number of thiol groups is 1. The summed E-state index contributed by atoms with van der Waals surface area (Å²) in [5.74, 6) is -2.00. The molecule has 230 valence electrons. The highest BCUT2D eigenvalue weighted by molar-refractivity contribution is 8.70. The third kappa shape index (κ3) is 16.2. The Kier molecular flexibility index (Phi) is 19.8. The molecule has 0 bridgehead atoms. The molecule has 0 aromatic heterocycles. The molecule has 40 heavy (non-hydrogen) atoms. The van der Waals surface area contributed by atoms with Gasteiger partial charge in [-0.05, 0) is 19.3 Å². The van der Waals surface area contributed by atoms with E-state index in [0.29, 0.717) is 11.5 Å². The number of hydrogen-bond donors (Lipinski definition) is 4. The summed E-state index contributed by atoms with van der Waals surface area (Å²) in [6.07, 6.45) is 0.681. The Balaban J connectivity index is 5.25. The third-order valence-electron chi connectivity index (χ3n) is 6.17. The van der Waals surface area contributed by atoms with Crippen molar-refractivity contribution < 1.29 is 28.8 Å². The average Bonchev–Trinajstić information content (AvgIpc) is 2.88. The molecule has 12 heteroatoms. The Bertz CT molecular complexity index is 864. The van der Waals surface area contributed by atoms with Gasteiger partial charge in [0.05, 0.1) is 23.2 Å². The number of amides is 2. The number of carbonyl (C=O) groups is 6. The number of nitrogens with one attached hydrogen (secondary N) is 3. The normalized spacial score (nSPS) is 13.8. The summed E-state index contributed by atoms with van der Waals surface area (Å²) in [5.41, 5.74) is 0. The first-order valence-electron chi connectivity index (χ1n) is 14.0. The van der Waals surface area contributed by atoms with Crippen LogP contribution in [0, 0.1) is 17.8 Å². The van der Waals surface area contributed by atoms with E-state index in [2.05, 4.69) is 27.6 Å². The zero-order chi connectivity index (χ0) is 31.0. The van der Waals surface area contributed by atoms with Crippen LogP contribution in [0.2, 0.25) is 0 Å². The maximum absolute atomic E-state index is 12.8. The van der Waals surface area contributed by atoms with E-state index in [0.717, 1.165) is 11.8 Å². The molecular formula is C28H49N3O6S3. The molecule has 0 saturated heterocycles. The number of Topliss-reactive ketones (excluding diaryl/α,β-unsaturated/α-hetero) is 3. The first kappa shape index (κ1) is 38.6. The van der Waals surface area contributed by atoms with E-state index >= 15 is 0 Å². The van der Waals surface area contributed by atoms with Gasteiger partial charge in [0, 0.05) is 43.1 Å². The fourth-order valence-corrected chi connectivity index (χ4v) is 5.47. The van der Waals surface area contributed by atoms with Gasteiger partial charge in [-0.1, -0.05) is 77.9 Å². The molecule has 2 amide bonds. The summed E-state index contributed by atoms with van der Waals surface area (Å²) in [4.78, 5) is 75.7. The van der Waals surface area contributed by atoms with Gasteiger partial charge < -0.3 is 16.0 Å². The minimum Gasteiger partial charge on any atom is -0.346 e. The highest BCUT2D eigenvalue weighted by Crippen LogP contribution is 2.19. The maximum atomic E-state index is 12.8. The molecule has 0 aliphatic rings. The summed E-state index contributed by atoms with van der Waals surface area (Å²) >= 11 is 5.13. The van der Waals surface area contributed by atoms with Crippen molar-refractivity contribution in [3.63, 3.8) is 0 Å². The molecule has 3 N–H and O–H groups in total. The number of carbonyl (C=O) groups excluding carboxylic acids is 6. The number of rotatable bonds is 21. The Morgan fingerprint density at radius 2 is 0.975 bits per heavy atom. The van der Waals surface area contributed by atoms with Crippen LogP contribution in [0.5, 0.6) is 0 Å². The quantitative estimate of drug-likeness (QED) is 0.0849. The molecule has 9 nitrogen and oxygen atoms in total. The van der Waals surface area contributed by atoms with Crippen LogP contribution in [0.4, 0.5) is 0 Å². The molecule has 0 radical (unpaired) electrons. The van der Waals surface area contributed by atoms with Crippen molar-refractivity contribution in [3.05, 3.63) is 0 Å². The van der Waals surface area contributed by atoms with Gasteiger partial charge in [0.25, 0.3) is 0 Å². The molecule has 3 atom stereocenters. The highest BCUT2D eigenvalue weighted by Gasteiger charge is 2.28. The molecule has 0 aliphatic carbocycles. The molecule has 0 aliphatic heterocycles. The van der Waals surface area contributed by atoms with Gasteiger partial charge in [-0.3, -0.25) is 28.8 Å². The zero-order valence-corrected chi connectivity index (χ0v) is 27.7. The lowest BCUT2D eigenvalue weighted by atomic mass is 9.95. The van der Waals surface area contributed by atoms with E-state index in [9.17, 15) is 28.8 Å². The van der Waals surface area contributed by atoms with Crippen LogP contribution in [0.3, 0.4) is 0 Å². The van der Waals surface area contributed by atoms with Crippen LogP contribution < -0.4 is 16.0 Å². The summed E-state index contributed by atoms with van der Waals surface area (Å²) in [5, 5.41) is 9.11. The molecule has 3 unspecified atom stereocenters. The molecule has 0 aromatic rings. The SMILES string of the molecule is CC(C)NC(CCC(=O)NC(CCC(=O)NC(CCC(=O)SCSS)C(=O)C(C)C)C(=O)C(C)C)C(=O)C(C)C. The van der Waals surface area contributed by atoms with E-state index in [1.165, 1.54) is 10.8 Å². The topological polar surface area (TPSA) is 139 Å². The van der Waals surface area contributed by atoms with Gasteiger partial charge in [0.2, 0.25) is 11.8 Å². The monoisotopic (exact) mass is 619 g/mol. The van der Waals surface area contributed by atoms with E-state index in [-0.39, 0.29) is 84.3 Å². The van der Waals surface area contributed by atoms with Gasteiger partial charge >= 0.3 is 0 Å². The zero-order valence-electron chi connectivity index (χ0n) is 25.2. The van der Waals surface area contributed by atoms with Crippen LogP contribution >= 0.6 is 34.2 Å². The predicted octanol–water partition coefficient (Wildman–Crippen LogP) is 4.13. The Morgan fingerprint density at radius 3 is 1.35 bits per heavy atom. The fraction of sp³-hybridized carbons (Fsp3) is 0.786. The minimum atomic E-state index is -0.869. The number of ketones is 3. The summed E-state index contributed by atoms with van der Waals surface area (Å²) in [7, 11) is 1.24. The summed E-state index contributed by atoms with van der Waals surface area (Å²) < 4.78 is 0. The molecule has 0 aromatic carbocycles. The van der Waals surface area contributed by atoms with Gasteiger partial charge in [0.15, 0.2) is 22.5 Å². The van der Waals surface area contributed by atoms with Gasteiger partial charge in [-0.2, -0.15) is 0 Å². The van der Waals surface area contributed by atoms with Crippen molar-refractivity contribution in [2.45, 2.75) is 118 Å². The van der Waals surface area contributed by atoms with E-state index < -0.39 is 24.0 Å². The second kappa shape index (κ2) is 20.5. The van der Waals surface area contributed by atoms with Gasteiger partial charge in [0.1, 0.15) is 0 Å². The van der Waals surface area contributed by atoms with Crippen molar-refractivity contribution in [1.29, 1.82) is 0 Å². The smallest absolute Gasteiger partial charge is 0.220 e. The standard InChI is InChI=1S/C28H49N3O6S3/c1-16(2)26(35)20(29-19(7)8)9-12-23(32)30-21(27(36)17(3)4)10-13-24(33)31-22(28(37)18(5)6)11-14-25(34)39-15-40-38/h16-22,29,38H,9-15H2,1-8H3,(H,30,32)(H,31,33). The maximum Gasteiger partial charge on any atom is 0.220 e. The van der Waals surface area contributed by atoms with Crippen molar-refractivity contribution in [1.82, 2.24) is 16.0 Å². The molecule has 0 spiro atoms. The number of hydrogen-bond acceptors (Lipinski definition) is 10. The molecular weight excluding hydrogens is 571 g/mol. The minimum absolute atomic E-state index is 0.0272. The number of thioether (sulfide) groups is 1. The van der Waals surface area contributed by atoms with Crippen molar-refractivity contribution >= 4 is 68.5 Å². The Labute approximate surface area is 253 Å². The second-order valence-electron chi connectivity index (χ2n) is 11.2. The van der Waals surface area contributed by atoms with Gasteiger partial charge in [-0.25, -0.2) is 0 Å². The van der Waals surface area contributed by atoms with E-state index in [4.69, 9.17) is 0 Å². The Hall–Kier alpha value is -1.37. The third-order valence-corrected chi connectivity index (χ3v) is 8.54. The lowest BCUT2D eigenvalue weighted by molar-refractivity contribution is -0.131. The summed E-state index contributed by atoms with van der Waals surface area (Å²) in [6, 6.07) is -2.07. The predicted molar refractivity (Wildman–Crippen MR) is 167 cm³/mol. The van der Waals surface area contributed by atoms with Crippen LogP contribution in [-0.4, -0.2) is 63.5 Å². The highest BCUT2D eigenvalue weighted by atomic mass is 33.1. The first-order chi connectivity index (χ1) is 18.6. The van der Waals surface area contributed by atoms with Crippen molar-refractivity contribution in [2.75, 3.05) is 5.08 Å². The van der Waals surface area contributed by atoms with Crippen LogP contribution in [0.15, 0.2) is 0 Å². The molecule has 0 fully saturated rings. The Morgan fingerprint density at radius 1 is 0.600 bits per heavy atom. The largest absolute Gasteiger partial charge is 0.346 e. The summed E-state index contributed by atoms with van der Waals surface area (Å²) in [6.45, 7) is 14.4. The average molecular weight is 620 g/mol. The first-order valence-corrected chi connectivity index (χ1v) is 17.0. The van der Waals surface area contributed by atoms with Crippen molar-refractivity contribution in [3.8, 4) is 0 Å². The lowest BCUT2D eigenvalue weighted by Gasteiger charge is -2.23.